The third-order valence-electron chi connectivity index (χ3n) is 8.70. The van der Waals surface area contributed by atoms with Crippen LogP contribution in [0.5, 0.6) is 0 Å². The van der Waals surface area contributed by atoms with Gasteiger partial charge >= 0.3 is 0 Å². The van der Waals surface area contributed by atoms with Crippen molar-refractivity contribution in [1.82, 2.24) is 14.8 Å². The molecule has 3 aromatic carbocycles. The Balaban J connectivity index is 1.27. The van der Waals surface area contributed by atoms with Gasteiger partial charge in [-0.15, -0.1) is 0 Å². The first kappa shape index (κ1) is 29.8. The predicted octanol–water partition coefficient (Wildman–Crippen LogP) is 6.05. The fourth-order valence-corrected chi connectivity index (χ4v) is 6.20. The Morgan fingerprint density at radius 2 is 1.23 bits per heavy atom. The number of hydrogen-bond donors (Lipinski definition) is 3. The van der Waals surface area contributed by atoms with E-state index in [-0.39, 0.29) is 11.8 Å². The number of carbonyl (C=O) groups excluding carboxylic acids is 2. The van der Waals surface area contributed by atoms with E-state index in [1.165, 1.54) is 25.7 Å². The van der Waals surface area contributed by atoms with Crippen molar-refractivity contribution in [3.8, 4) is 0 Å². The van der Waals surface area contributed by atoms with Gasteiger partial charge in [0.05, 0.1) is 16.7 Å². The van der Waals surface area contributed by atoms with Crippen LogP contribution in [-0.2, 0) is 9.59 Å². The number of nitrogens with zero attached hydrogens (tertiary/aromatic N) is 4. The molecule has 9 heteroatoms. The van der Waals surface area contributed by atoms with Crippen molar-refractivity contribution in [3.05, 3.63) is 60.7 Å². The Labute approximate surface area is 259 Å². The zero-order chi connectivity index (χ0) is 30.5. The van der Waals surface area contributed by atoms with E-state index in [1.54, 1.807) is 0 Å². The summed E-state index contributed by atoms with van der Waals surface area (Å²) in [4.78, 5) is 37.3. The van der Waals surface area contributed by atoms with Crippen LogP contribution in [0.25, 0.3) is 21.8 Å². The number of amides is 2. The van der Waals surface area contributed by atoms with Crippen LogP contribution in [0.1, 0.15) is 38.5 Å². The van der Waals surface area contributed by atoms with Crippen molar-refractivity contribution in [2.45, 2.75) is 38.5 Å². The third-order valence-corrected chi connectivity index (χ3v) is 8.70. The van der Waals surface area contributed by atoms with Crippen LogP contribution in [0.15, 0.2) is 60.7 Å². The van der Waals surface area contributed by atoms with Gasteiger partial charge in [-0.05, 0) is 113 Å². The maximum absolute atomic E-state index is 12.8. The van der Waals surface area contributed by atoms with E-state index >= 15 is 0 Å². The van der Waals surface area contributed by atoms with Gasteiger partial charge in [-0.3, -0.25) is 9.59 Å². The monoisotopic (exact) mass is 593 g/mol. The summed E-state index contributed by atoms with van der Waals surface area (Å²) in [6, 6.07) is 20.0. The highest BCUT2D eigenvalue weighted by molar-refractivity contribution is 6.11. The maximum atomic E-state index is 12.8. The molecule has 0 bridgehead atoms. The molecule has 1 aromatic heterocycles. The number of likely N-dealkylation sites (tertiary alicyclic amines) is 2. The lowest BCUT2D eigenvalue weighted by Gasteiger charge is -2.17. The minimum absolute atomic E-state index is 0.0153. The first-order valence-corrected chi connectivity index (χ1v) is 15.9. The minimum atomic E-state index is 0.0153. The highest BCUT2D eigenvalue weighted by atomic mass is 16.2. The molecule has 44 heavy (non-hydrogen) atoms. The molecule has 3 N–H and O–H groups in total. The number of carbonyl (C=O) groups is 2. The number of aromatic nitrogens is 1. The van der Waals surface area contributed by atoms with Gasteiger partial charge in [0.25, 0.3) is 0 Å². The number of rotatable bonds is 11. The molecule has 0 unspecified atom stereocenters. The molecule has 6 rings (SSSR count). The lowest BCUT2D eigenvalue weighted by atomic mass is 10.1. The van der Waals surface area contributed by atoms with Gasteiger partial charge in [0.15, 0.2) is 0 Å². The van der Waals surface area contributed by atoms with Gasteiger partial charge in [0, 0.05) is 73.5 Å². The van der Waals surface area contributed by atoms with Crippen molar-refractivity contribution < 1.29 is 9.59 Å². The summed E-state index contributed by atoms with van der Waals surface area (Å²) >= 11 is 0. The van der Waals surface area contributed by atoms with Crippen molar-refractivity contribution in [2.75, 3.05) is 74.2 Å². The van der Waals surface area contributed by atoms with E-state index < -0.39 is 0 Å². The first-order chi connectivity index (χ1) is 21.4. The zero-order valence-corrected chi connectivity index (χ0v) is 25.9. The molecule has 0 spiro atoms. The molecule has 2 aliphatic rings. The summed E-state index contributed by atoms with van der Waals surface area (Å²) in [6.07, 6.45) is 5.82. The van der Waals surface area contributed by atoms with Crippen molar-refractivity contribution in [3.63, 3.8) is 0 Å². The van der Waals surface area contributed by atoms with Crippen LogP contribution < -0.4 is 20.9 Å². The molecule has 0 radical (unpaired) electrons. The number of pyridine rings is 1. The number of anilines is 5. The Morgan fingerprint density at radius 3 is 1.82 bits per heavy atom. The van der Waals surface area contributed by atoms with E-state index in [4.69, 9.17) is 4.98 Å². The average molecular weight is 594 g/mol. The molecular weight excluding hydrogens is 550 g/mol. The summed E-state index contributed by atoms with van der Waals surface area (Å²) in [5, 5.41) is 11.7. The Morgan fingerprint density at radius 1 is 0.682 bits per heavy atom. The number of fused-ring (bicyclic) bond motifs is 2. The summed E-state index contributed by atoms with van der Waals surface area (Å²) in [6.45, 7) is 5.90. The van der Waals surface area contributed by atoms with Gasteiger partial charge in [-0.25, -0.2) is 4.98 Å². The summed E-state index contributed by atoms with van der Waals surface area (Å²) in [7, 11) is 4.05. The van der Waals surface area contributed by atoms with Gasteiger partial charge in [0.1, 0.15) is 0 Å². The number of nitrogens with one attached hydrogen (secondary N) is 3. The fraction of sp³-hybridized carbons (Fsp3) is 0.400. The lowest BCUT2D eigenvalue weighted by molar-refractivity contribution is -0.117. The Kier molecular flexibility index (Phi) is 9.23. The summed E-state index contributed by atoms with van der Waals surface area (Å²) in [5.41, 5.74) is 6.04. The van der Waals surface area contributed by atoms with Crippen molar-refractivity contribution in [2.24, 2.45) is 0 Å². The van der Waals surface area contributed by atoms with Gasteiger partial charge in [-0.1, -0.05) is 0 Å². The van der Waals surface area contributed by atoms with E-state index in [1.807, 2.05) is 50.5 Å². The largest absolute Gasteiger partial charge is 0.378 e. The first-order valence-electron chi connectivity index (χ1n) is 15.9. The molecule has 2 saturated heterocycles. The van der Waals surface area contributed by atoms with Crippen LogP contribution in [0, 0.1) is 0 Å². The van der Waals surface area contributed by atoms with Gasteiger partial charge in [-0.2, -0.15) is 0 Å². The maximum Gasteiger partial charge on any atom is 0.225 e. The van der Waals surface area contributed by atoms with E-state index in [9.17, 15) is 9.59 Å². The summed E-state index contributed by atoms with van der Waals surface area (Å²) < 4.78 is 0. The van der Waals surface area contributed by atoms with E-state index in [2.05, 4.69) is 54.9 Å². The molecule has 4 aromatic rings. The third kappa shape index (κ3) is 7.29. The molecule has 230 valence electrons. The van der Waals surface area contributed by atoms with Gasteiger partial charge < -0.3 is 30.7 Å². The summed E-state index contributed by atoms with van der Waals surface area (Å²) in [5.74, 6) is 0.0328. The quantitative estimate of drug-likeness (QED) is 0.183. The lowest BCUT2D eigenvalue weighted by Crippen LogP contribution is -2.25. The van der Waals surface area contributed by atoms with Crippen LogP contribution >= 0.6 is 0 Å². The second-order valence-corrected chi connectivity index (χ2v) is 12.2. The van der Waals surface area contributed by atoms with E-state index in [0.717, 1.165) is 89.5 Å². The second kappa shape index (κ2) is 13.6. The molecule has 0 aliphatic carbocycles. The predicted molar refractivity (Wildman–Crippen MR) is 181 cm³/mol. The topological polar surface area (TPSA) is 92.8 Å². The molecule has 2 amide bonds. The zero-order valence-electron chi connectivity index (χ0n) is 25.9. The van der Waals surface area contributed by atoms with Crippen LogP contribution in [0.4, 0.5) is 28.4 Å². The smallest absolute Gasteiger partial charge is 0.225 e. The molecule has 0 saturated carbocycles. The highest BCUT2D eigenvalue weighted by Gasteiger charge is 2.16. The normalized spacial score (nSPS) is 15.6. The van der Waals surface area contributed by atoms with Gasteiger partial charge in [0.2, 0.25) is 11.8 Å². The molecule has 3 heterocycles. The Bertz CT molecular complexity index is 1620. The van der Waals surface area contributed by atoms with Crippen LogP contribution in [0.2, 0.25) is 0 Å². The average Bonchev–Trinajstić information content (AvgIpc) is 3.74. The molecule has 2 aliphatic heterocycles. The highest BCUT2D eigenvalue weighted by Crippen LogP contribution is 2.36. The molecule has 2 fully saturated rings. The molecule has 9 nitrogen and oxygen atoms in total. The molecule has 0 atom stereocenters. The number of hydrogen-bond acceptors (Lipinski definition) is 7. The minimum Gasteiger partial charge on any atom is -0.378 e. The van der Waals surface area contributed by atoms with Crippen LogP contribution in [0.3, 0.4) is 0 Å². The standard InChI is InChI=1S/C35H43N7O2/c1-40(2)28-11-7-25(8-12-28)38-35-29-13-9-27(37-34(44)16-22-42-19-5-6-20-42)24-32(29)39-31-14-10-26(23-30(31)35)36-33(43)15-21-41-17-3-4-18-41/h7-14,23-24H,3-6,15-22H2,1-2H3,(H,36,43)(H,37,44)(H,38,39). The second-order valence-electron chi connectivity index (χ2n) is 12.2. The number of benzene rings is 3. The van der Waals surface area contributed by atoms with E-state index in [0.29, 0.717) is 12.8 Å². The van der Waals surface area contributed by atoms with Crippen LogP contribution in [-0.4, -0.2) is 80.0 Å². The Hall–Kier alpha value is -4.21. The molecular formula is C35H43N7O2. The fourth-order valence-electron chi connectivity index (χ4n) is 6.20. The van der Waals surface area contributed by atoms with Crippen molar-refractivity contribution >= 4 is 62.1 Å². The SMILES string of the molecule is CN(C)c1ccc(Nc2c3ccc(NC(=O)CCN4CCCC4)cc3nc3ccc(NC(=O)CCN4CCCC4)cc23)cc1. The van der Waals surface area contributed by atoms with Crippen molar-refractivity contribution in [1.29, 1.82) is 0 Å².